The van der Waals surface area contributed by atoms with Crippen molar-refractivity contribution in [3.63, 3.8) is 0 Å². The van der Waals surface area contributed by atoms with Crippen LogP contribution < -0.4 is 5.32 Å². The highest BCUT2D eigenvalue weighted by molar-refractivity contribution is 7.09. The topological polar surface area (TPSA) is 43.4 Å². The lowest BCUT2D eigenvalue weighted by atomic mass is 10.3. The number of ether oxygens (including phenoxy) is 2. The van der Waals surface area contributed by atoms with E-state index < -0.39 is 0 Å². The first-order valence-electron chi connectivity index (χ1n) is 4.72. The van der Waals surface area contributed by atoms with Gasteiger partial charge in [-0.15, -0.1) is 11.3 Å². The quantitative estimate of drug-likeness (QED) is 0.799. The fourth-order valence-electron chi connectivity index (χ4n) is 1.34. The molecule has 1 atom stereocenters. The third-order valence-electron chi connectivity index (χ3n) is 2.04. The fraction of sp³-hybridized carbons (Fsp3) is 0.667. The van der Waals surface area contributed by atoms with Gasteiger partial charge in [0.2, 0.25) is 0 Å². The molecular weight excluding hydrogens is 200 g/mol. The average molecular weight is 214 g/mol. The van der Waals surface area contributed by atoms with Gasteiger partial charge in [0.05, 0.1) is 31.4 Å². The summed E-state index contributed by atoms with van der Waals surface area (Å²) in [5.74, 6) is 0. The average Bonchev–Trinajstić information content (AvgIpc) is 2.72. The molecule has 1 aliphatic heterocycles. The maximum Gasteiger partial charge on any atom is 0.0933 e. The first-order chi connectivity index (χ1) is 6.95. The molecular formula is C9H14N2O2S. The summed E-state index contributed by atoms with van der Waals surface area (Å²) in [5, 5.41) is 3.32. The van der Waals surface area contributed by atoms with Crippen molar-refractivity contribution in [1.29, 1.82) is 0 Å². The van der Waals surface area contributed by atoms with Gasteiger partial charge in [0.15, 0.2) is 0 Å². The van der Waals surface area contributed by atoms with Crippen LogP contribution in [0, 0.1) is 0 Å². The summed E-state index contributed by atoms with van der Waals surface area (Å²) in [6, 6.07) is 0. The van der Waals surface area contributed by atoms with Gasteiger partial charge < -0.3 is 14.8 Å². The first-order valence-corrected chi connectivity index (χ1v) is 5.60. The molecule has 1 fully saturated rings. The molecule has 0 aromatic carbocycles. The molecule has 1 aromatic heterocycles. The van der Waals surface area contributed by atoms with Crippen molar-refractivity contribution < 1.29 is 9.47 Å². The minimum Gasteiger partial charge on any atom is -0.376 e. The lowest BCUT2D eigenvalue weighted by Gasteiger charge is -2.22. The highest BCUT2D eigenvalue weighted by Crippen LogP contribution is 2.05. The van der Waals surface area contributed by atoms with Crippen molar-refractivity contribution in [1.82, 2.24) is 10.3 Å². The Labute approximate surface area is 87.3 Å². The van der Waals surface area contributed by atoms with Gasteiger partial charge in [-0.25, -0.2) is 0 Å². The third kappa shape index (κ3) is 3.02. The number of rotatable bonds is 4. The van der Waals surface area contributed by atoms with Crippen LogP contribution in [-0.2, 0) is 16.0 Å². The second kappa shape index (κ2) is 5.41. The zero-order valence-corrected chi connectivity index (χ0v) is 8.76. The van der Waals surface area contributed by atoms with Gasteiger partial charge in [0.1, 0.15) is 0 Å². The van der Waals surface area contributed by atoms with E-state index in [-0.39, 0.29) is 6.10 Å². The van der Waals surface area contributed by atoms with E-state index in [9.17, 15) is 0 Å². The summed E-state index contributed by atoms with van der Waals surface area (Å²) in [5.41, 5.74) is 1.84. The van der Waals surface area contributed by atoms with Crippen LogP contribution in [-0.4, -0.2) is 37.5 Å². The predicted molar refractivity (Wildman–Crippen MR) is 54.4 cm³/mol. The minimum absolute atomic E-state index is 0.205. The molecule has 2 rings (SSSR count). The molecule has 4 nitrogen and oxygen atoms in total. The molecule has 78 valence electrons. The lowest BCUT2D eigenvalue weighted by Crippen LogP contribution is -2.37. The molecule has 1 unspecified atom stereocenters. The van der Waals surface area contributed by atoms with E-state index in [1.54, 1.807) is 11.3 Å². The Balaban J connectivity index is 1.62. The van der Waals surface area contributed by atoms with Crippen molar-refractivity contribution in [3.05, 3.63) is 16.6 Å². The zero-order valence-electron chi connectivity index (χ0n) is 7.94. The summed E-state index contributed by atoms with van der Waals surface area (Å²) in [6.45, 7) is 3.86. The Morgan fingerprint density at radius 1 is 1.57 bits per heavy atom. The van der Waals surface area contributed by atoms with E-state index >= 15 is 0 Å². The Morgan fingerprint density at radius 2 is 2.57 bits per heavy atom. The second-order valence-corrected chi connectivity index (χ2v) is 4.14. The summed E-state index contributed by atoms with van der Waals surface area (Å²) in [7, 11) is 0. The Kier molecular flexibility index (Phi) is 3.88. The van der Waals surface area contributed by atoms with Gasteiger partial charge in [-0.1, -0.05) is 0 Å². The molecule has 0 bridgehead atoms. The van der Waals surface area contributed by atoms with Crippen LogP contribution in [0.25, 0.3) is 0 Å². The lowest BCUT2D eigenvalue weighted by molar-refractivity contribution is -0.0864. The molecule has 1 aliphatic rings. The summed E-state index contributed by atoms with van der Waals surface area (Å²) in [6.07, 6.45) is 2.09. The normalized spacial score (nSPS) is 22.4. The van der Waals surface area contributed by atoms with Gasteiger partial charge in [0, 0.05) is 24.2 Å². The number of nitrogens with zero attached hydrogens (tertiary/aromatic N) is 1. The molecule has 1 N–H and O–H groups in total. The fourth-order valence-corrected chi connectivity index (χ4v) is 1.90. The number of nitrogens with one attached hydrogen (secondary N) is 1. The maximum atomic E-state index is 5.50. The Morgan fingerprint density at radius 3 is 3.29 bits per heavy atom. The molecule has 0 radical (unpaired) electrons. The van der Waals surface area contributed by atoms with Crippen molar-refractivity contribution >= 4 is 11.3 Å². The monoisotopic (exact) mass is 214 g/mol. The molecule has 5 heteroatoms. The molecule has 1 saturated heterocycles. The van der Waals surface area contributed by atoms with Crippen LogP contribution in [0.3, 0.4) is 0 Å². The standard InChI is InChI=1S/C9H14N2O2S/c1-2-13-8(6-12-1)3-10-4-9-5-11-7-14-9/h5,7-8,10H,1-4,6H2. The number of hydrogen-bond donors (Lipinski definition) is 1. The van der Waals surface area contributed by atoms with E-state index in [1.165, 1.54) is 4.88 Å². The van der Waals surface area contributed by atoms with Crippen LogP contribution >= 0.6 is 11.3 Å². The van der Waals surface area contributed by atoms with Crippen molar-refractivity contribution in [2.45, 2.75) is 12.6 Å². The highest BCUT2D eigenvalue weighted by Gasteiger charge is 2.13. The molecule has 0 aliphatic carbocycles. The van der Waals surface area contributed by atoms with Crippen molar-refractivity contribution in [2.24, 2.45) is 0 Å². The smallest absolute Gasteiger partial charge is 0.0933 e. The number of hydrogen-bond acceptors (Lipinski definition) is 5. The van der Waals surface area contributed by atoms with Crippen molar-refractivity contribution in [2.75, 3.05) is 26.4 Å². The minimum atomic E-state index is 0.205. The molecule has 0 saturated carbocycles. The molecule has 2 heterocycles. The molecule has 14 heavy (non-hydrogen) atoms. The zero-order chi connectivity index (χ0) is 9.64. The van der Waals surface area contributed by atoms with Gasteiger partial charge in [-0.3, -0.25) is 4.98 Å². The number of aromatic nitrogens is 1. The Hall–Kier alpha value is -0.490. The van der Waals surface area contributed by atoms with Gasteiger partial charge in [0.25, 0.3) is 0 Å². The van der Waals surface area contributed by atoms with E-state index in [0.29, 0.717) is 13.2 Å². The van der Waals surface area contributed by atoms with Crippen LogP contribution in [0.15, 0.2) is 11.7 Å². The largest absolute Gasteiger partial charge is 0.376 e. The summed E-state index contributed by atoms with van der Waals surface area (Å²) in [4.78, 5) is 5.26. The van der Waals surface area contributed by atoms with E-state index in [1.807, 2.05) is 11.7 Å². The SMILES string of the molecule is c1ncc(CNCC2COCCO2)s1. The predicted octanol–water partition coefficient (Wildman–Crippen LogP) is 0.648. The van der Waals surface area contributed by atoms with Crippen LogP contribution in [0.2, 0.25) is 0 Å². The third-order valence-corrected chi connectivity index (χ3v) is 2.82. The summed E-state index contributed by atoms with van der Waals surface area (Å²) < 4.78 is 10.8. The first kappa shape index (κ1) is 10.0. The second-order valence-electron chi connectivity index (χ2n) is 3.17. The maximum absolute atomic E-state index is 5.50. The molecule has 0 spiro atoms. The van der Waals surface area contributed by atoms with Crippen LogP contribution in [0.1, 0.15) is 4.88 Å². The van der Waals surface area contributed by atoms with Crippen LogP contribution in [0.5, 0.6) is 0 Å². The number of thiazole rings is 1. The van der Waals surface area contributed by atoms with Gasteiger partial charge in [-0.2, -0.15) is 0 Å². The Bertz CT molecular complexity index is 247. The van der Waals surface area contributed by atoms with E-state index in [0.717, 1.165) is 19.7 Å². The molecule has 1 aromatic rings. The van der Waals surface area contributed by atoms with Crippen LogP contribution in [0.4, 0.5) is 0 Å². The van der Waals surface area contributed by atoms with E-state index in [2.05, 4.69) is 10.3 Å². The van der Waals surface area contributed by atoms with Gasteiger partial charge >= 0.3 is 0 Å². The van der Waals surface area contributed by atoms with Crippen molar-refractivity contribution in [3.8, 4) is 0 Å². The highest BCUT2D eigenvalue weighted by atomic mass is 32.1. The van der Waals surface area contributed by atoms with E-state index in [4.69, 9.17) is 9.47 Å². The summed E-state index contributed by atoms with van der Waals surface area (Å²) >= 11 is 1.66. The van der Waals surface area contributed by atoms with Gasteiger partial charge in [-0.05, 0) is 0 Å². The molecule has 0 amide bonds.